The molecule has 0 radical (unpaired) electrons. The van der Waals surface area contributed by atoms with E-state index in [1.165, 1.54) is 0 Å². The van der Waals surface area contributed by atoms with Gasteiger partial charge in [0.25, 0.3) is 5.69 Å². The van der Waals surface area contributed by atoms with E-state index in [-0.39, 0.29) is 10.6 Å². The molecule has 0 amide bonds. The molecule has 0 saturated carbocycles. The monoisotopic (exact) mass is 211 g/mol. The van der Waals surface area contributed by atoms with Crippen molar-refractivity contribution in [1.29, 1.82) is 0 Å². The molecule has 82 valence electrons. The Morgan fingerprint density at radius 2 is 1.87 bits per heavy atom. The highest BCUT2D eigenvalue weighted by atomic mass is 16.6. The lowest BCUT2D eigenvalue weighted by molar-refractivity contribution is -0.387. The highest BCUT2D eigenvalue weighted by molar-refractivity contribution is 5.43. The van der Waals surface area contributed by atoms with E-state index in [1.807, 2.05) is 12.1 Å². The Balaban J connectivity index is 3.03. The zero-order chi connectivity index (χ0) is 11.3. The van der Waals surface area contributed by atoms with Crippen LogP contribution in [0.3, 0.4) is 0 Å². The van der Waals surface area contributed by atoms with Crippen molar-refractivity contribution in [2.75, 3.05) is 13.1 Å². The number of rotatable bonds is 5. The largest absolute Gasteiger partial charge is 0.357 e. The number of nitrogens with zero attached hydrogens (tertiary/aromatic N) is 1. The van der Waals surface area contributed by atoms with Crippen molar-refractivity contribution in [1.82, 2.24) is 0 Å². The van der Waals surface area contributed by atoms with Crippen LogP contribution in [-0.4, -0.2) is 18.0 Å². The van der Waals surface area contributed by atoms with Crippen LogP contribution in [0.25, 0.3) is 0 Å². The zero-order valence-corrected chi connectivity index (χ0v) is 8.74. The molecule has 0 heterocycles. The molecule has 1 rings (SSSR count). The fraction of sp³-hybridized carbons (Fsp3) is 0.400. The van der Waals surface area contributed by atoms with E-state index in [4.69, 9.17) is 0 Å². The highest BCUT2D eigenvalue weighted by Gasteiger charge is 2.14. The maximum Gasteiger partial charge on any atom is 0.273 e. The fourth-order valence-electron chi connectivity index (χ4n) is 1.54. The minimum Gasteiger partial charge on any atom is -0.357 e. The van der Waals surface area contributed by atoms with Crippen molar-refractivity contribution in [3.8, 4) is 0 Å². The molecule has 0 aromatic heterocycles. The molecule has 5 nitrogen and oxygen atoms in total. The molecule has 0 aliphatic carbocycles. The second kappa shape index (κ2) is 5.43. The lowest BCUT2D eigenvalue weighted by Crippen LogP contribution is -2.51. The van der Waals surface area contributed by atoms with Gasteiger partial charge in [-0.2, -0.15) is 0 Å². The maximum absolute atomic E-state index is 10.8. The molecule has 0 aliphatic rings. The summed E-state index contributed by atoms with van der Waals surface area (Å²) in [5.41, 5.74) is 9.40. The van der Waals surface area contributed by atoms with Gasteiger partial charge in [0.15, 0.2) is 0 Å². The van der Waals surface area contributed by atoms with Gasteiger partial charge in [0, 0.05) is 24.5 Å². The molecule has 1 aromatic carbocycles. The van der Waals surface area contributed by atoms with E-state index < -0.39 is 0 Å². The van der Waals surface area contributed by atoms with Crippen LogP contribution < -0.4 is 11.5 Å². The van der Waals surface area contributed by atoms with Gasteiger partial charge in [0.1, 0.15) is 0 Å². The van der Waals surface area contributed by atoms with E-state index in [0.29, 0.717) is 13.0 Å². The molecule has 6 N–H and O–H groups in total. The third-order valence-electron chi connectivity index (χ3n) is 2.26. The van der Waals surface area contributed by atoms with Gasteiger partial charge in [-0.25, -0.2) is 0 Å². The molecule has 0 atom stereocenters. The summed E-state index contributed by atoms with van der Waals surface area (Å²) in [4.78, 5) is 10.5. The van der Waals surface area contributed by atoms with Gasteiger partial charge in [-0.15, -0.1) is 0 Å². The fourth-order valence-corrected chi connectivity index (χ4v) is 1.54. The lowest BCUT2D eigenvalue weighted by atomic mass is 10.0. The normalized spacial score (nSPS) is 10.3. The first-order chi connectivity index (χ1) is 7.19. The molecule has 1 aromatic rings. The van der Waals surface area contributed by atoms with Crippen LogP contribution in [0.1, 0.15) is 11.1 Å². The summed E-state index contributed by atoms with van der Waals surface area (Å²) in [6, 6.07) is 5.41. The quantitative estimate of drug-likeness (QED) is 0.490. The van der Waals surface area contributed by atoms with E-state index in [2.05, 4.69) is 11.5 Å². The average molecular weight is 211 g/mol. The predicted octanol–water partition coefficient (Wildman–Crippen LogP) is -0.836. The number of quaternary nitrogens is 2. The topological polar surface area (TPSA) is 98.4 Å². The second-order valence-electron chi connectivity index (χ2n) is 3.43. The molecular weight excluding hydrogens is 194 g/mol. The SMILES string of the molecule is [NH3+]CCc1ccc(CC[NH3+])c([N+](=O)[O-])c1. The van der Waals surface area contributed by atoms with Crippen LogP contribution in [0.2, 0.25) is 0 Å². The summed E-state index contributed by atoms with van der Waals surface area (Å²) < 4.78 is 0. The van der Waals surface area contributed by atoms with Crippen molar-refractivity contribution >= 4 is 5.69 Å². The van der Waals surface area contributed by atoms with Crippen molar-refractivity contribution in [3.05, 3.63) is 39.4 Å². The van der Waals surface area contributed by atoms with Gasteiger partial charge in [0.2, 0.25) is 0 Å². The second-order valence-corrected chi connectivity index (χ2v) is 3.43. The summed E-state index contributed by atoms with van der Waals surface area (Å²) in [5, 5.41) is 10.8. The first kappa shape index (κ1) is 11.6. The summed E-state index contributed by atoms with van der Waals surface area (Å²) in [5.74, 6) is 0. The first-order valence-electron chi connectivity index (χ1n) is 5.03. The van der Waals surface area contributed by atoms with Crippen LogP contribution in [0.4, 0.5) is 5.69 Å². The Labute approximate surface area is 88.2 Å². The minimum absolute atomic E-state index is 0.213. The summed E-state index contributed by atoms with van der Waals surface area (Å²) in [6.45, 7) is 1.43. The van der Waals surface area contributed by atoms with Crippen LogP contribution in [0.5, 0.6) is 0 Å². The minimum atomic E-state index is -0.322. The standard InChI is InChI=1S/C10H15N3O2/c11-5-3-8-1-2-9(4-6-12)10(7-8)13(14)15/h1-2,7H,3-6,11-12H2/p+2. The van der Waals surface area contributed by atoms with Gasteiger partial charge in [-0.05, 0) is 5.56 Å². The number of nitro groups is 1. The van der Waals surface area contributed by atoms with E-state index in [1.54, 1.807) is 6.07 Å². The van der Waals surface area contributed by atoms with Crippen molar-refractivity contribution < 1.29 is 16.4 Å². The Hall–Kier alpha value is -1.46. The number of hydrogen-bond donors (Lipinski definition) is 2. The van der Waals surface area contributed by atoms with Gasteiger partial charge in [-0.3, -0.25) is 10.1 Å². The van der Waals surface area contributed by atoms with E-state index in [9.17, 15) is 10.1 Å². The van der Waals surface area contributed by atoms with Gasteiger partial charge in [-0.1, -0.05) is 12.1 Å². The third kappa shape index (κ3) is 3.00. The van der Waals surface area contributed by atoms with Crippen LogP contribution in [-0.2, 0) is 12.8 Å². The van der Waals surface area contributed by atoms with E-state index >= 15 is 0 Å². The highest BCUT2D eigenvalue weighted by Crippen LogP contribution is 2.20. The summed E-state index contributed by atoms with van der Waals surface area (Å²) >= 11 is 0. The van der Waals surface area contributed by atoms with Crippen LogP contribution in [0.15, 0.2) is 18.2 Å². The van der Waals surface area contributed by atoms with Crippen LogP contribution >= 0.6 is 0 Å². The van der Waals surface area contributed by atoms with E-state index in [0.717, 1.165) is 24.1 Å². The molecule has 15 heavy (non-hydrogen) atoms. The molecule has 0 fully saturated rings. The summed E-state index contributed by atoms with van der Waals surface area (Å²) in [6.07, 6.45) is 1.44. The third-order valence-corrected chi connectivity index (χ3v) is 2.26. The Kier molecular flexibility index (Phi) is 4.20. The molecule has 0 aliphatic heterocycles. The first-order valence-corrected chi connectivity index (χ1v) is 5.03. The number of nitro benzene ring substituents is 1. The van der Waals surface area contributed by atoms with Crippen LogP contribution in [0, 0.1) is 10.1 Å². The number of benzene rings is 1. The zero-order valence-electron chi connectivity index (χ0n) is 8.74. The number of hydrogen-bond acceptors (Lipinski definition) is 2. The maximum atomic E-state index is 10.8. The lowest BCUT2D eigenvalue weighted by Gasteiger charge is -2.02. The smallest absolute Gasteiger partial charge is 0.273 e. The molecular formula is C10H17N3O2+2. The Bertz CT molecular complexity index is 353. The van der Waals surface area contributed by atoms with Gasteiger partial charge in [0.05, 0.1) is 18.0 Å². The van der Waals surface area contributed by atoms with Crippen molar-refractivity contribution in [3.63, 3.8) is 0 Å². The van der Waals surface area contributed by atoms with Gasteiger partial charge >= 0.3 is 0 Å². The van der Waals surface area contributed by atoms with Crippen molar-refractivity contribution in [2.24, 2.45) is 0 Å². The molecule has 5 heteroatoms. The average Bonchev–Trinajstić information content (AvgIpc) is 2.21. The summed E-state index contributed by atoms with van der Waals surface area (Å²) in [7, 11) is 0. The Morgan fingerprint density at radius 1 is 1.20 bits per heavy atom. The van der Waals surface area contributed by atoms with Crippen molar-refractivity contribution in [2.45, 2.75) is 12.8 Å². The Morgan fingerprint density at radius 3 is 2.40 bits per heavy atom. The predicted molar refractivity (Wildman–Crippen MR) is 56.0 cm³/mol. The molecule has 0 spiro atoms. The molecule has 0 bridgehead atoms. The molecule has 0 unspecified atom stereocenters. The van der Waals surface area contributed by atoms with Gasteiger partial charge < -0.3 is 11.5 Å². The molecule has 0 saturated heterocycles.